The second-order valence-corrected chi connectivity index (χ2v) is 5.01. The van der Waals surface area contributed by atoms with Gasteiger partial charge in [0.1, 0.15) is 5.75 Å². The zero-order chi connectivity index (χ0) is 14.0. The number of nitrogens with zero attached hydrogens (tertiary/aromatic N) is 1. The summed E-state index contributed by atoms with van der Waals surface area (Å²) in [6.07, 6.45) is 0. The Morgan fingerprint density at radius 2 is 1.89 bits per heavy atom. The van der Waals surface area contributed by atoms with Gasteiger partial charge in [-0.3, -0.25) is 0 Å². The number of hydrogen-bond donors (Lipinski definition) is 1. The molecule has 1 N–H and O–H groups in total. The van der Waals surface area contributed by atoms with Gasteiger partial charge in [0.2, 0.25) is 0 Å². The fraction of sp³-hybridized carbons (Fsp3) is 0.375. The number of methoxy groups -OCH3 is 1. The van der Waals surface area contributed by atoms with Crippen LogP contribution < -0.4 is 10.1 Å². The lowest BCUT2D eigenvalue weighted by Gasteiger charge is -2.12. The molecule has 0 amide bonds. The maximum atomic E-state index is 5.38. The molecule has 2 aromatic rings. The molecule has 1 heterocycles. The fourth-order valence-corrected chi connectivity index (χ4v) is 2.26. The van der Waals surface area contributed by atoms with E-state index in [9.17, 15) is 0 Å². The number of aromatic nitrogens is 1. The van der Waals surface area contributed by atoms with E-state index in [0.717, 1.165) is 18.0 Å². The minimum Gasteiger partial charge on any atom is -0.495 e. The highest BCUT2D eigenvalue weighted by atomic mass is 16.5. The fourth-order valence-electron chi connectivity index (χ4n) is 2.26. The van der Waals surface area contributed by atoms with Crippen molar-refractivity contribution in [2.75, 3.05) is 12.4 Å². The molecule has 0 radical (unpaired) electrons. The van der Waals surface area contributed by atoms with E-state index < -0.39 is 0 Å². The lowest BCUT2D eigenvalue weighted by molar-refractivity contribution is 0.416. The van der Waals surface area contributed by atoms with E-state index in [-0.39, 0.29) is 0 Å². The molecule has 1 aromatic heterocycles. The highest BCUT2D eigenvalue weighted by Gasteiger charge is 2.07. The maximum absolute atomic E-state index is 5.38. The van der Waals surface area contributed by atoms with Crippen LogP contribution in [0.1, 0.15) is 22.5 Å². The van der Waals surface area contributed by atoms with Crippen LogP contribution in [0.4, 0.5) is 5.69 Å². The van der Waals surface area contributed by atoms with Gasteiger partial charge in [-0.15, -0.1) is 0 Å². The highest BCUT2D eigenvalue weighted by molar-refractivity contribution is 5.58. The predicted molar refractivity (Wildman–Crippen MR) is 79.9 cm³/mol. The number of aryl methyl sites for hydroxylation is 2. The van der Waals surface area contributed by atoms with Gasteiger partial charge < -0.3 is 14.6 Å². The van der Waals surface area contributed by atoms with Gasteiger partial charge in [-0.25, -0.2) is 0 Å². The van der Waals surface area contributed by atoms with Gasteiger partial charge in [-0.2, -0.15) is 0 Å². The van der Waals surface area contributed by atoms with Gasteiger partial charge in [0.05, 0.1) is 12.8 Å². The summed E-state index contributed by atoms with van der Waals surface area (Å²) in [5, 5.41) is 3.46. The van der Waals surface area contributed by atoms with E-state index in [1.54, 1.807) is 7.11 Å². The molecule has 0 atom stereocenters. The number of rotatable bonds is 4. The van der Waals surface area contributed by atoms with Gasteiger partial charge in [0, 0.05) is 25.0 Å². The second-order valence-electron chi connectivity index (χ2n) is 5.01. The third-order valence-corrected chi connectivity index (χ3v) is 3.70. The molecule has 0 aliphatic carbocycles. The van der Waals surface area contributed by atoms with Crippen LogP contribution >= 0.6 is 0 Å². The van der Waals surface area contributed by atoms with Crippen LogP contribution in [0.3, 0.4) is 0 Å². The van der Waals surface area contributed by atoms with Gasteiger partial charge in [-0.1, -0.05) is 6.07 Å². The standard InChI is InChI=1S/C16H22N2O/c1-11-6-7-16(19-5)15(8-11)17-10-14-9-12(2)18(4)13(14)3/h6-9,17H,10H2,1-5H3. The van der Waals surface area contributed by atoms with Crippen LogP contribution in [-0.4, -0.2) is 11.7 Å². The molecule has 0 saturated heterocycles. The lowest BCUT2D eigenvalue weighted by atomic mass is 10.2. The van der Waals surface area contributed by atoms with Crippen molar-refractivity contribution in [3.8, 4) is 5.75 Å². The van der Waals surface area contributed by atoms with E-state index >= 15 is 0 Å². The van der Waals surface area contributed by atoms with E-state index in [1.165, 1.54) is 22.5 Å². The van der Waals surface area contributed by atoms with Gasteiger partial charge in [-0.05, 0) is 50.1 Å². The quantitative estimate of drug-likeness (QED) is 0.907. The summed E-state index contributed by atoms with van der Waals surface area (Å²) in [5.41, 5.74) is 6.18. The molecule has 3 nitrogen and oxygen atoms in total. The smallest absolute Gasteiger partial charge is 0.141 e. The molecule has 0 unspecified atom stereocenters. The molecule has 19 heavy (non-hydrogen) atoms. The first-order valence-electron chi connectivity index (χ1n) is 6.53. The Hall–Kier alpha value is -1.90. The molecule has 1 aromatic carbocycles. The topological polar surface area (TPSA) is 26.2 Å². The summed E-state index contributed by atoms with van der Waals surface area (Å²) in [6.45, 7) is 7.18. The first-order valence-corrected chi connectivity index (χ1v) is 6.53. The molecular weight excluding hydrogens is 236 g/mol. The second kappa shape index (κ2) is 5.39. The average Bonchev–Trinajstić information content (AvgIpc) is 2.64. The van der Waals surface area contributed by atoms with Crippen molar-refractivity contribution >= 4 is 5.69 Å². The van der Waals surface area contributed by atoms with Crippen LogP contribution in [-0.2, 0) is 13.6 Å². The Labute approximate surface area is 115 Å². The Kier molecular flexibility index (Phi) is 3.84. The van der Waals surface area contributed by atoms with Crippen LogP contribution in [0.2, 0.25) is 0 Å². The monoisotopic (exact) mass is 258 g/mol. The summed E-state index contributed by atoms with van der Waals surface area (Å²) in [7, 11) is 3.80. The Morgan fingerprint density at radius 1 is 1.16 bits per heavy atom. The Bertz CT molecular complexity index is 585. The Balaban J connectivity index is 2.18. The van der Waals surface area contributed by atoms with Crippen LogP contribution in [0.15, 0.2) is 24.3 Å². The summed E-state index contributed by atoms with van der Waals surface area (Å²) in [6, 6.07) is 8.40. The summed E-state index contributed by atoms with van der Waals surface area (Å²) in [4.78, 5) is 0. The number of ether oxygens (including phenoxy) is 1. The lowest BCUT2D eigenvalue weighted by Crippen LogP contribution is -2.03. The molecule has 0 aliphatic heterocycles. The van der Waals surface area contributed by atoms with Crippen LogP contribution in [0.25, 0.3) is 0 Å². The minimum atomic E-state index is 0.813. The van der Waals surface area contributed by atoms with E-state index in [0.29, 0.717) is 0 Å². The zero-order valence-corrected chi connectivity index (χ0v) is 12.4. The Morgan fingerprint density at radius 3 is 2.47 bits per heavy atom. The van der Waals surface area contributed by atoms with Gasteiger partial charge >= 0.3 is 0 Å². The first kappa shape index (κ1) is 13.5. The first-order chi connectivity index (χ1) is 9.02. The predicted octanol–water partition coefficient (Wildman–Crippen LogP) is 3.57. The van der Waals surface area contributed by atoms with Crippen molar-refractivity contribution < 1.29 is 4.74 Å². The van der Waals surface area contributed by atoms with Crippen molar-refractivity contribution in [1.82, 2.24) is 4.57 Å². The molecule has 0 bridgehead atoms. The van der Waals surface area contributed by atoms with Crippen molar-refractivity contribution in [3.63, 3.8) is 0 Å². The molecule has 0 spiro atoms. The van der Waals surface area contributed by atoms with Crippen molar-refractivity contribution in [3.05, 3.63) is 46.8 Å². The maximum Gasteiger partial charge on any atom is 0.141 e. The van der Waals surface area contributed by atoms with Crippen molar-refractivity contribution in [2.45, 2.75) is 27.3 Å². The molecule has 0 aliphatic rings. The molecular formula is C16H22N2O. The molecule has 102 valence electrons. The molecule has 2 rings (SSSR count). The normalized spacial score (nSPS) is 10.6. The van der Waals surface area contributed by atoms with E-state index in [4.69, 9.17) is 4.74 Å². The van der Waals surface area contributed by atoms with Crippen LogP contribution in [0.5, 0.6) is 5.75 Å². The summed E-state index contributed by atoms with van der Waals surface area (Å²) >= 11 is 0. The SMILES string of the molecule is COc1ccc(C)cc1NCc1cc(C)n(C)c1C. The van der Waals surface area contributed by atoms with Crippen molar-refractivity contribution in [2.24, 2.45) is 7.05 Å². The largest absolute Gasteiger partial charge is 0.495 e. The number of nitrogens with one attached hydrogen (secondary N) is 1. The van der Waals surface area contributed by atoms with E-state index in [2.05, 4.69) is 55.9 Å². The average molecular weight is 258 g/mol. The minimum absolute atomic E-state index is 0.813. The molecule has 0 fully saturated rings. The zero-order valence-electron chi connectivity index (χ0n) is 12.4. The van der Waals surface area contributed by atoms with Crippen molar-refractivity contribution in [1.29, 1.82) is 0 Å². The summed E-state index contributed by atoms with van der Waals surface area (Å²) in [5.74, 6) is 0.885. The molecule has 3 heteroatoms. The van der Waals surface area contributed by atoms with Crippen LogP contribution in [0, 0.1) is 20.8 Å². The number of anilines is 1. The number of hydrogen-bond acceptors (Lipinski definition) is 2. The van der Waals surface area contributed by atoms with Gasteiger partial charge in [0.15, 0.2) is 0 Å². The third-order valence-electron chi connectivity index (χ3n) is 3.70. The van der Waals surface area contributed by atoms with E-state index in [1.807, 2.05) is 6.07 Å². The number of benzene rings is 1. The molecule has 0 saturated carbocycles. The highest BCUT2D eigenvalue weighted by Crippen LogP contribution is 2.26. The van der Waals surface area contributed by atoms with Gasteiger partial charge in [0.25, 0.3) is 0 Å². The third kappa shape index (κ3) is 2.75. The summed E-state index contributed by atoms with van der Waals surface area (Å²) < 4.78 is 7.59.